The maximum atomic E-state index is 13.1. The molecule has 1 saturated carbocycles. The summed E-state index contributed by atoms with van der Waals surface area (Å²) in [6, 6.07) is 15.8. The summed E-state index contributed by atoms with van der Waals surface area (Å²) in [6.45, 7) is 6.39. The van der Waals surface area contributed by atoms with Gasteiger partial charge in [-0.15, -0.1) is 0 Å². The quantitative estimate of drug-likeness (QED) is 0.643. The number of amides is 3. The molecule has 1 atom stereocenters. The van der Waals surface area contributed by atoms with Crippen LogP contribution in [0, 0.1) is 5.92 Å². The molecule has 3 rings (SSSR count). The molecule has 1 fully saturated rings. The Morgan fingerprint density at radius 1 is 1.03 bits per heavy atom. The number of nitrogens with one attached hydrogen (secondary N) is 2. The molecular formula is C25H34N4O2. The van der Waals surface area contributed by atoms with Crippen LogP contribution in [0.1, 0.15) is 50.8 Å². The van der Waals surface area contributed by atoms with Gasteiger partial charge in [-0.05, 0) is 62.9 Å². The van der Waals surface area contributed by atoms with E-state index in [1.807, 2.05) is 93.2 Å². The van der Waals surface area contributed by atoms with Crippen molar-refractivity contribution in [1.82, 2.24) is 10.2 Å². The third-order valence-electron chi connectivity index (χ3n) is 5.54. The Hall–Kier alpha value is -3.02. The number of benzene rings is 2. The van der Waals surface area contributed by atoms with Gasteiger partial charge in [0.2, 0.25) is 5.91 Å². The van der Waals surface area contributed by atoms with Crippen LogP contribution in [0.5, 0.6) is 0 Å². The van der Waals surface area contributed by atoms with E-state index in [2.05, 4.69) is 10.6 Å². The highest BCUT2D eigenvalue weighted by Crippen LogP contribution is 2.32. The Morgan fingerprint density at radius 3 is 2.29 bits per heavy atom. The molecule has 2 aromatic rings. The summed E-state index contributed by atoms with van der Waals surface area (Å²) < 4.78 is 0. The van der Waals surface area contributed by atoms with Crippen molar-refractivity contribution in [2.24, 2.45) is 5.92 Å². The fourth-order valence-corrected chi connectivity index (χ4v) is 3.63. The Morgan fingerprint density at radius 2 is 1.71 bits per heavy atom. The molecule has 0 radical (unpaired) electrons. The molecule has 1 aliphatic carbocycles. The number of hydrogen-bond acceptors (Lipinski definition) is 3. The highest BCUT2D eigenvalue weighted by molar-refractivity contribution is 5.94. The molecule has 2 aromatic carbocycles. The summed E-state index contributed by atoms with van der Waals surface area (Å²) in [6.07, 6.45) is 1.93. The van der Waals surface area contributed by atoms with Gasteiger partial charge in [-0.2, -0.15) is 0 Å². The lowest BCUT2D eigenvalue weighted by molar-refractivity contribution is -0.117. The molecule has 0 bridgehead atoms. The Balaban J connectivity index is 1.92. The molecule has 0 saturated heterocycles. The van der Waals surface area contributed by atoms with E-state index in [4.69, 9.17) is 0 Å². The third kappa shape index (κ3) is 6.00. The second kappa shape index (κ2) is 9.86. The molecule has 0 aliphatic heterocycles. The van der Waals surface area contributed by atoms with Crippen LogP contribution in [0.3, 0.4) is 0 Å². The van der Waals surface area contributed by atoms with Gasteiger partial charge < -0.3 is 20.4 Å². The summed E-state index contributed by atoms with van der Waals surface area (Å²) >= 11 is 0. The Kier molecular flexibility index (Phi) is 7.21. The van der Waals surface area contributed by atoms with Crippen LogP contribution in [-0.4, -0.2) is 37.0 Å². The van der Waals surface area contributed by atoms with Gasteiger partial charge in [0.25, 0.3) is 0 Å². The molecule has 166 valence electrons. The fourth-order valence-electron chi connectivity index (χ4n) is 3.63. The molecule has 31 heavy (non-hydrogen) atoms. The highest BCUT2D eigenvalue weighted by atomic mass is 16.2. The van der Waals surface area contributed by atoms with Crippen molar-refractivity contribution in [2.45, 2.75) is 52.2 Å². The first-order chi connectivity index (χ1) is 14.8. The number of carbonyl (C=O) groups is 2. The molecule has 0 aromatic heterocycles. The summed E-state index contributed by atoms with van der Waals surface area (Å²) in [7, 11) is 3.97. The zero-order valence-corrected chi connectivity index (χ0v) is 19.2. The zero-order chi connectivity index (χ0) is 22.5. The summed E-state index contributed by atoms with van der Waals surface area (Å²) in [5.41, 5.74) is 3.85. The molecule has 1 unspecified atom stereocenters. The van der Waals surface area contributed by atoms with Crippen molar-refractivity contribution in [2.75, 3.05) is 24.3 Å². The topological polar surface area (TPSA) is 64.7 Å². The molecule has 0 heterocycles. The number of rotatable bonds is 8. The predicted octanol–water partition coefficient (Wildman–Crippen LogP) is 4.78. The van der Waals surface area contributed by atoms with Crippen LogP contribution < -0.4 is 15.5 Å². The summed E-state index contributed by atoms with van der Waals surface area (Å²) in [4.78, 5) is 29.3. The first-order valence-electron chi connectivity index (χ1n) is 11.0. The molecule has 0 spiro atoms. The number of anilines is 2. The smallest absolute Gasteiger partial charge is 0.318 e. The average Bonchev–Trinajstić information content (AvgIpc) is 3.57. The van der Waals surface area contributed by atoms with Gasteiger partial charge in [-0.3, -0.25) is 4.79 Å². The van der Waals surface area contributed by atoms with E-state index in [0.717, 1.165) is 35.3 Å². The minimum atomic E-state index is -0.111. The SMILES string of the molecule is CC(C)NC(=O)N(Cc1cc(NC(=O)C2CC2)ccc1N(C)C)C(C)c1ccccc1. The lowest BCUT2D eigenvalue weighted by atomic mass is 10.0. The van der Waals surface area contributed by atoms with Gasteiger partial charge in [0.1, 0.15) is 0 Å². The molecule has 6 heteroatoms. The molecular weight excluding hydrogens is 388 g/mol. The van der Waals surface area contributed by atoms with E-state index in [1.165, 1.54) is 0 Å². The summed E-state index contributed by atoms with van der Waals surface area (Å²) in [5.74, 6) is 0.221. The fraction of sp³-hybridized carbons (Fsp3) is 0.440. The van der Waals surface area contributed by atoms with Gasteiger partial charge in [0.05, 0.1) is 12.6 Å². The van der Waals surface area contributed by atoms with Gasteiger partial charge in [-0.25, -0.2) is 4.79 Å². The minimum Gasteiger partial charge on any atom is -0.377 e. The van der Waals surface area contributed by atoms with Crippen molar-refractivity contribution >= 4 is 23.3 Å². The van der Waals surface area contributed by atoms with E-state index >= 15 is 0 Å². The largest absolute Gasteiger partial charge is 0.377 e. The molecule has 2 N–H and O–H groups in total. The van der Waals surface area contributed by atoms with Crippen molar-refractivity contribution in [1.29, 1.82) is 0 Å². The van der Waals surface area contributed by atoms with Crippen LogP contribution in [0.15, 0.2) is 48.5 Å². The molecule has 1 aliphatic rings. The predicted molar refractivity (Wildman–Crippen MR) is 126 cm³/mol. The van der Waals surface area contributed by atoms with E-state index in [1.54, 1.807) is 0 Å². The van der Waals surface area contributed by atoms with Crippen molar-refractivity contribution in [3.8, 4) is 0 Å². The van der Waals surface area contributed by atoms with E-state index in [0.29, 0.717) is 6.54 Å². The number of nitrogens with zero attached hydrogens (tertiary/aromatic N) is 2. The number of urea groups is 1. The normalized spacial score (nSPS) is 14.1. The van der Waals surface area contributed by atoms with Crippen molar-refractivity contribution < 1.29 is 9.59 Å². The zero-order valence-electron chi connectivity index (χ0n) is 19.2. The van der Waals surface area contributed by atoms with E-state index in [9.17, 15) is 9.59 Å². The first-order valence-corrected chi connectivity index (χ1v) is 11.0. The van der Waals surface area contributed by atoms with Crippen LogP contribution in [0.25, 0.3) is 0 Å². The molecule has 3 amide bonds. The van der Waals surface area contributed by atoms with Crippen LogP contribution in [-0.2, 0) is 11.3 Å². The van der Waals surface area contributed by atoms with Crippen molar-refractivity contribution in [3.63, 3.8) is 0 Å². The second-order valence-electron chi connectivity index (χ2n) is 8.82. The highest BCUT2D eigenvalue weighted by Gasteiger charge is 2.30. The standard InChI is InChI=1S/C25H34N4O2/c1-17(2)26-25(31)29(18(3)19-9-7-6-8-10-19)16-21-15-22(13-14-23(21)28(4)5)27-24(30)20-11-12-20/h6-10,13-15,17-18,20H,11-12,16H2,1-5H3,(H,26,31)(H,27,30). The van der Waals surface area contributed by atoms with Gasteiger partial charge in [-0.1, -0.05) is 30.3 Å². The first kappa shape index (κ1) is 22.7. The molecule has 6 nitrogen and oxygen atoms in total. The maximum absolute atomic E-state index is 13.1. The maximum Gasteiger partial charge on any atom is 0.318 e. The Labute approximate surface area is 185 Å². The summed E-state index contributed by atoms with van der Waals surface area (Å²) in [5, 5.41) is 6.07. The number of hydrogen-bond donors (Lipinski definition) is 2. The van der Waals surface area contributed by atoms with Gasteiger partial charge in [0.15, 0.2) is 0 Å². The minimum absolute atomic E-state index is 0.0375. The Bertz CT molecular complexity index is 907. The van der Waals surface area contributed by atoms with Crippen LogP contribution in [0.4, 0.5) is 16.2 Å². The van der Waals surface area contributed by atoms with E-state index in [-0.39, 0.29) is 29.9 Å². The second-order valence-corrected chi connectivity index (χ2v) is 8.82. The van der Waals surface area contributed by atoms with Crippen LogP contribution >= 0.6 is 0 Å². The van der Waals surface area contributed by atoms with Gasteiger partial charge in [0, 0.05) is 37.4 Å². The van der Waals surface area contributed by atoms with Gasteiger partial charge >= 0.3 is 6.03 Å². The lowest BCUT2D eigenvalue weighted by Gasteiger charge is -2.32. The van der Waals surface area contributed by atoms with Crippen LogP contribution in [0.2, 0.25) is 0 Å². The monoisotopic (exact) mass is 422 g/mol. The van der Waals surface area contributed by atoms with Crippen molar-refractivity contribution in [3.05, 3.63) is 59.7 Å². The lowest BCUT2D eigenvalue weighted by Crippen LogP contribution is -2.43. The average molecular weight is 423 g/mol. The third-order valence-corrected chi connectivity index (χ3v) is 5.54. The number of carbonyl (C=O) groups excluding carboxylic acids is 2. The van der Waals surface area contributed by atoms with E-state index < -0.39 is 0 Å².